The van der Waals surface area contributed by atoms with Gasteiger partial charge in [0.1, 0.15) is 6.04 Å². The lowest BCUT2D eigenvalue weighted by Crippen LogP contribution is -2.46. The number of carboxylic acids is 1. The molecule has 1 aliphatic rings. The van der Waals surface area contributed by atoms with E-state index >= 15 is 0 Å². The van der Waals surface area contributed by atoms with Crippen LogP contribution < -0.4 is 5.32 Å². The highest BCUT2D eigenvalue weighted by atomic mass is 16.4. The van der Waals surface area contributed by atoms with Crippen molar-refractivity contribution in [3.63, 3.8) is 0 Å². The molecule has 6 nitrogen and oxygen atoms in total. The summed E-state index contributed by atoms with van der Waals surface area (Å²) < 4.78 is 0. The number of carbonyl (C=O) groups excluding carboxylic acids is 2. The van der Waals surface area contributed by atoms with Crippen LogP contribution in [0, 0.1) is 5.92 Å². The summed E-state index contributed by atoms with van der Waals surface area (Å²) in [6, 6.07) is -0.599. The van der Waals surface area contributed by atoms with Crippen LogP contribution in [0.1, 0.15) is 26.7 Å². The highest BCUT2D eigenvalue weighted by molar-refractivity contribution is 5.91. The summed E-state index contributed by atoms with van der Waals surface area (Å²) in [6.07, 6.45) is 0.810. The van der Waals surface area contributed by atoms with E-state index in [9.17, 15) is 14.4 Å². The number of nitrogens with one attached hydrogen (secondary N) is 1. The van der Waals surface area contributed by atoms with E-state index < -0.39 is 17.9 Å². The Morgan fingerprint density at radius 2 is 2.24 bits per heavy atom. The average molecular weight is 242 g/mol. The number of nitrogens with zero attached hydrogens (tertiary/aromatic N) is 1. The first-order chi connectivity index (χ1) is 7.97. The van der Waals surface area contributed by atoms with Gasteiger partial charge in [-0.2, -0.15) is 0 Å². The van der Waals surface area contributed by atoms with E-state index in [-0.39, 0.29) is 24.8 Å². The standard InChI is InChI=1S/C11H18N2O4/c1-3-4-12-10(15)7(2)13-6-8(11(16)17)5-9(13)14/h7-8H,3-6H2,1-2H3,(H,12,15)(H,16,17). The Morgan fingerprint density at radius 3 is 2.71 bits per heavy atom. The Kier molecular flexibility index (Phi) is 4.48. The molecule has 1 fully saturated rings. The second kappa shape index (κ2) is 5.65. The highest BCUT2D eigenvalue weighted by Gasteiger charge is 2.38. The van der Waals surface area contributed by atoms with Gasteiger partial charge in [-0.15, -0.1) is 0 Å². The molecule has 17 heavy (non-hydrogen) atoms. The number of carbonyl (C=O) groups is 3. The van der Waals surface area contributed by atoms with Crippen molar-refractivity contribution in [1.29, 1.82) is 0 Å². The Morgan fingerprint density at radius 1 is 1.59 bits per heavy atom. The molecule has 0 bridgehead atoms. The van der Waals surface area contributed by atoms with Gasteiger partial charge in [-0.05, 0) is 13.3 Å². The number of likely N-dealkylation sites (tertiary alicyclic amines) is 1. The van der Waals surface area contributed by atoms with E-state index in [0.29, 0.717) is 6.54 Å². The van der Waals surface area contributed by atoms with Gasteiger partial charge in [0.05, 0.1) is 5.92 Å². The van der Waals surface area contributed by atoms with E-state index in [1.807, 2.05) is 6.92 Å². The van der Waals surface area contributed by atoms with Gasteiger partial charge >= 0.3 is 5.97 Å². The molecule has 1 rings (SSSR count). The fourth-order valence-electron chi connectivity index (χ4n) is 1.81. The molecule has 0 spiro atoms. The summed E-state index contributed by atoms with van der Waals surface area (Å²) in [7, 11) is 0. The van der Waals surface area contributed by atoms with Crippen LogP contribution in [0.2, 0.25) is 0 Å². The second-order valence-corrected chi connectivity index (χ2v) is 4.25. The molecule has 0 aliphatic carbocycles. The lowest BCUT2D eigenvalue weighted by atomic mass is 10.1. The maximum Gasteiger partial charge on any atom is 0.308 e. The lowest BCUT2D eigenvalue weighted by Gasteiger charge is -2.23. The van der Waals surface area contributed by atoms with Crippen LogP contribution in [0.3, 0.4) is 0 Å². The molecule has 2 N–H and O–H groups in total. The molecule has 0 saturated carbocycles. The van der Waals surface area contributed by atoms with Crippen molar-refractivity contribution < 1.29 is 19.5 Å². The number of aliphatic carboxylic acids is 1. The van der Waals surface area contributed by atoms with Gasteiger partial charge in [0, 0.05) is 19.5 Å². The normalized spacial score (nSPS) is 21.4. The molecule has 2 amide bonds. The molecular weight excluding hydrogens is 224 g/mol. The molecule has 0 aromatic heterocycles. The number of carboxylic acid groups (broad SMARTS) is 1. The smallest absolute Gasteiger partial charge is 0.308 e. The van der Waals surface area contributed by atoms with E-state index in [1.54, 1.807) is 6.92 Å². The maximum atomic E-state index is 11.7. The van der Waals surface area contributed by atoms with Crippen molar-refractivity contribution in [3.8, 4) is 0 Å². The average Bonchev–Trinajstić information content (AvgIpc) is 2.67. The molecule has 6 heteroatoms. The zero-order chi connectivity index (χ0) is 13.0. The van der Waals surface area contributed by atoms with E-state index in [0.717, 1.165) is 6.42 Å². The molecule has 0 aromatic carbocycles. The molecule has 1 heterocycles. The zero-order valence-corrected chi connectivity index (χ0v) is 10.1. The van der Waals surface area contributed by atoms with Crippen molar-refractivity contribution in [1.82, 2.24) is 10.2 Å². The quantitative estimate of drug-likeness (QED) is 0.701. The van der Waals surface area contributed by atoms with Crippen molar-refractivity contribution >= 4 is 17.8 Å². The molecule has 2 atom stereocenters. The van der Waals surface area contributed by atoms with E-state index in [4.69, 9.17) is 5.11 Å². The molecular formula is C11H18N2O4. The summed E-state index contributed by atoms with van der Waals surface area (Å²) in [5, 5.41) is 11.5. The van der Waals surface area contributed by atoms with Gasteiger partial charge in [0.15, 0.2) is 0 Å². The third kappa shape index (κ3) is 3.18. The molecule has 0 radical (unpaired) electrons. The van der Waals surface area contributed by atoms with E-state index in [2.05, 4.69) is 5.32 Å². The zero-order valence-electron chi connectivity index (χ0n) is 10.1. The monoisotopic (exact) mass is 242 g/mol. The number of hydrogen-bond acceptors (Lipinski definition) is 3. The van der Waals surface area contributed by atoms with Crippen LogP contribution in [0.25, 0.3) is 0 Å². The second-order valence-electron chi connectivity index (χ2n) is 4.25. The number of rotatable bonds is 5. The third-order valence-corrected chi connectivity index (χ3v) is 2.90. The highest BCUT2D eigenvalue weighted by Crippen LogP contribution is 2.20. The summed E-state index contributed by atoms with van der Waals surface area (Å²) in [6.45, 7) is 4.24. The van der Waals surface area contributed by atoms with Crippen LogP contribution in [-0.4, -0.2) is 46.9 Å². The van der Waals surface area contributed by atoms with Gasteiger partial charge in [-0.25, -0.2) is 0 Å². The van der Waals surface area contributed by atoms with Gasteiger partial charge in [0.2, 0.25) is 11.8 Å². The minimum absolute atomic E-state index is 0.0132. The molecule has 1 aliphatic heterocycles. The van der Waals surface area contributed by atoms with Crippen molar-refractivity contribution in [2.75, 3.05) is 13.1 Å². The van der Waals surface area contributed by atoms with Crippen LogP contribution >= 0.6 is 0 Å². The van der Waals surface area contributed by atoms with Gasteiger partial charge in [-0.3, -0.25) is 14.4 Å². The van der Waals surface area contributed by atoms with Gasteiger partial charge in [-0.1, -0.05) is 6.92 Å². The molecule has 2 unspecified atom stereocenters. The van der Waals surface area contributed by atoms with Crippen molar-refractivity contribution in [3.05, 3.63) is 0 Å². The first-order valence-electron chi connectivity index (χ1n) is 5.77. The summed E-state index contributed by atoms with van der Waals surface area (Å²) in [5.74, 6) is -2.17. The number of hydrogen-bond donors (Lipinski definition) is 2. The topological polar surface area (TPSA) is 86.7 Å². The summed E-state index contributed by atoms with van der Waals surface area (Å²) in [5.41, 5.74) is 0. The summed E-state index contributed by atoms with van der Waals surface area (Å²) in [4.78, 5) is 35.4. The molecule has 0 aromatic rings. The molecule has 96 valence electrons. The largest absolute Gasteiger partial charge is 0.481 e. The molecule has 1 saturated heterocycles. The van der Waals surface area contributed by atoms with Crippen molar-refractivity contribution in [2.45, 2.75) is 32.7 Å². The predicted octanol–water partition coefficient (Wildman–Crippen LogP) is -0.166. The summed E-state index contributed by atoms with van der Waals surface area (Å²) >= 11 is 0. The Hall–Kier alpha value is -1.59. The van der Waals surface area contributed by atoms with E-state index in [1.165, 1.54) is 4.90 Å². The van der Waals surface area contributed by atoms with Crippen LogP contribution in [0.15, 0.2) is 0 Å². The van der Waals surface area contributed by atoms with Crippen LogP contribution in [-0.2, 0) is 14.4 Å². The number of amides is 2. The lowest BCUT2D eigenvalue weighted by molar-refractivity contribution is -0.141. The van der Waals surface area contributed by atoms with Gasteiger partial charge < -0.3 is 15.3 Å². The first kappa shape index (κ1) is 13.5. The van der Waals surface area contributed by atoms with Gasteiger partial charge in [0.25, 0.3) is 0 Å². The fraction of sp³-hybridized carbons (Fsp3) is 0.727. The van der Waals surface area contributed by atoms with Crippen LogP contribution in [0.4, 0.5) is 0 Å². The third-order valence-electron chi connectivity index (χ3n) is 2.90. The maximum absolute atomic E-state index is 11.7. The Balaban J connectivity index is 2.58. The predicted molar refractivity (Wildman–Crippen MR) is 60.2 cm³/mol. The minimum Gasteiger partial charge on any atom is -0.481 e. The Labute approximate surface area is 100.0 Å². The minimum atomic E-state index is -0.984. The van der Waals surface area contributed by atoms with Crippen LogP contribution in [0.5, 0.6) is 0 Å². The SMILES string of the molecule is CCCNC(=O)C(C)N1CC(C(=O)O)CC1=O. The first-order valence-corrected chi connectivity index (χ1v) is 5.77. The Bertz CT molecular complexity index is 329. The van der Waals surface area contributed by atoms with Crippen molar-refractivity contribution in [2.24, 2.45) is 5.92 Å². The fourth-order valence-corrected chi connectivity index (χ4v) is 1.81.